The van der Waals surface area contributed by atoms with Gasteiger partial charge in [-0.3, -0.25) is 4.79 Å². The monoisotopic (exact) mass is 207 g/mol. The summed E-state index contributed by atoms with van der Waals surface area (Å²) in [7, 11) is 0. The van der Waals surface area contributed by atoms with Gasteiger partial charge in [-0.25, -0.2) is 0 Å². The first-order valence-electron chi connectivity index (χ1n) is 4.72. The van der Waals surface area contributed by atoms with Gasteiger partial charge in [0.2, 0.25) is 0 Å². The summed E-state index contributed by atoms with van der Waals surface area (Å²) >= 11 is 0. The van der Waals surface area contributed by atoms with E-state index in [1.54, 1.807) is 0 Å². The van der Waals surface area contributed by atoms with Crippen molar-refractivity contribution in [1.29, 1.82) is 0 Å². The Morgan fingerprint density at radius 2 is 2.23 bits per heavy atom. The van der Waals surface area contributed by atoms with Crippen LogP contribution in [0.4, 0.5) is 0 Å². The molecular weight excluding hydrogens is 190 g/mol. The quantitative estimate of drug-likeness (QED) is 0.530. The smallest absolute Gasteiger partial charge is 0.305 e. The number of hydrogen-bond donors (Lipinski definition) is 1. The van der Waals surface area contributed by atoms with Gasteiger partial charge in [-0.05, 0) is 32.7 Å². The van der Waals surface area contributed by atoms with Crippen molar-refractivity contribution >= 4 is 18.4 Å². The third-order valence-corrected chi connectivity index (χ3v) is 1.87. The zero-order valence-corrected chi connectivity index (χ0v) is 8.86. The van der Waals surface area contributed by atoms with E-state index in [0.717, 1.165) is 19.0 Å². The van der Waals surface area contributed by atoms with E-state index in [2.05, 4.69) is 5.32 Å². The normalized spacial score (nSPS) is 14.8. The molecule has 0 unspecified atom stereocenters. The van der Waals surface area contributed by atoms with Crippen molar-refractivity contribution in [2.45, 2.75) is 38.6 Å². The molecule has 1 N–H and O–H groups in total. The molecule has 0 heterocycles. The summed E-state index contributed by atoms with van der Waals surface area (Å²) in [5, 5.41) is 3.35. The molecule has 0 radical (unpaired) electrons. The largest absolute Gasteiger partial charge is 0.466 e. The number of esters is 1. The summed E-state index contributed by atoms with van der Waals surface area (Å²) in [5.74, 6) is -0.0740. The summed E-state index contributed by atoms with van der Waals surface area (Å²) in [6, 6.07) is 0.743. The van der Waals surface area contributed by atoms with Crippen LogP contribution in [0.5, 0.6) is 0 Å². The molecule has 0 atom stereocenters. The van der Waals surface area contributed by atoms with Crippen LogP contribution in [0.3, 0.4) is 0 Å². The molecule has 0 amide bonds. The van der Waals surface area contributed by atoms with E-state index in [1.807, 2.05) is 6.92 Å². The van der Waals surface area contributed by atoms with E-state index in [1.165, 1.54) is 12.8 Å². The molecule has 0 aliphatic heterocycles. The number of rotatable bonds is 6. The minimum Gasteiger partial charge on any atom is -0.466 e. The van der Waals surface area contributed by atoms with Gasteiger partial charge in [-0.2, -0.15) is 0 Å². The number of hydrogen-bond acceptors (Lipinski definition) is 3. The summed E-state index contributed by atoms with van der Waals surface area (Å²) < 4.78 is 4.80. The fourth-order valence-corrected chi connectivity index (χ4v) is 1.06. The zero-order chi connectivity index (χ0) is 8.81. The molecule has 3 nitrogen and oxygen atoms in total. The lowest BCUT2D eigenvalue weighted by Gasteiger charge is -2.02. The van der Waals surface area contributed by atoms with Crippen molar-refractivity contribution in [1.82, 2.24) is 5.32 Å². The Morgan fingerprint density at radius 1 is 1.54 bits per heavy atom. The summed E-state index contributed by atoms with van der Waals surface area (Å²) in [6.07, 6.45) is 4.06. The number of halogens is 1. The van der Waals surface area contributed by atoms with Crippen LogP contribution in [0.1, 0.15) is 32.6 Å². The van der Waals surface area contributed by atoms with Crippen molar-refractivity contribution < 1.29 is 9.53 Å². The number of carbonyl (C=O) groups excluding carboxylic acids is 1. The van der Waals surface area contributed by atoms with Gasteiger partial charge in [0.05, 0.1) is 6.61 Å². The van der Waals surface area contributed by atoms with Gasteiger partial charge in [0, 0.05) is 12.5 Å². The van der Waals surface area contributed by atoms with Crippen LogP contribution >= 0.6 is 12.4 Å². The average Bonchev–Trinajstić information content (AvgIpc) is 2.82. The van der Waals surface area contributed by atoms with Crippen LogP contribution in [0, 0.1) is 0 Å². The Labute approximate surface area is 85.6 Å². The molecule has 1 aliphatic rings. The molecule has 1 aliphatic carbocycles. The lowest BCUT2D eigenvalue weighted by molar-refractivity contribution is -0.143. The Kier molecular flexibility index (Phi) is 7.00. The second-order valence-corrected chi connectivity index (χ2v) is 3.14. The van der Waals surface area contributed by atoms with Crippen molar-refractivity contribution in [3.63, 3.8) is 0 Å². The highest BCUT2D eigenvalue weighted by atomic mass is 35.5. The summed E-state index contributed by atoms with van der Waals surface area (Å²) in [5.41, 5.74) is 0. The van der Waals surface area contributed by atoms with Crippen molar-refractivity contribution in [3.8, 4) is 0 Å². The molecule has 1 saturated carbocycles. The number of carbonyl (C=O) groups is 1. The van der Waals surface area contributed by atoms with Gasteiger partial charge in [0.15, 0.2) is 0 Å². The van der Waals surface area contributed by atoms with E-state index in [4.69, 9.17) is 4.74 Å². The Balaban J connectivity index is 0.00000144. The molecule has 1 rings (SSSR count). The Hall–Kier alpha value is -0.280. The maximum atomic E-state index is 10.9. The van der Waals surface area contributed by atoms with Gasteiger partial charge < -0.3 is 10.1 Å². The topological polar surface area (TPSA) is 38.3 Å². The second kappa shape index (κ2) is 7.15. The first-order valence-corrected chi connectivity index (χ1v) is 4.72. The highest BCUT2D eigenvalue weighted by molar-refractivity contribution is 5.85. The van der Waals surface area contributed by atoms with Crippen LogP contribution in [0.25, 0.3) is 0 Å². The van der Waals surface area contributed by atoms with Crippen LogP contribution in [-0.2, 0) is 9.53 Å². The van der Waals surface area contributed by atoms with Crippen molar-refractivity contribution in [2.75, 3.05) is 13.2 Å². The molecule has 0 saturated heterocycles. The van der Waals surface area contributed by atoms with Crippen molar-refractivity contribution in [3.05, 3.63) is 0 Å². The third kappa shape index (κ3) is 6.84. The molecule has 0 spiro atoms. The molecule has 0 aromatic heterocycles. The Morgan fingerprint density at radius 3 is 2.77 bits per heavy atom. The van der Waals surface area contributed by atoms with Crippen LogP contribution in [-0.4, -0.2) is 25.2 Å². The number of nitrogens with one attached hydrogen (secondary N) is 1. The molecule has 0 aromatic carbocycles. The zero-order valence-electron chi connectivity index (χ0n) is 8.04. The minimum absolute atomic E-state index is 0. The highest BCUT2D eigenvalue weighted by Crippen LogP contribution is 2.18. The van der Waals surface area contributed by atoms with E-state index in [-0.39, 0.29) is 18.4 Å². The maximum absolute atomic E-state index is 10.9. The fraction of sp³-hybridized carbons (Fsp3) is 0.889. The Bertz CT molecular complexity index is 149. The lowest BCUT2D eigenvalue weighted by Crippen LogP contribution is -2.18. The molecule has 0 bridgehead atoms. The van der Waals surface area contributed by atoms with Crippen LogP contribution in [0.2, 0.25) is 0 Å². The van der Waals surface area contributed by atoms with Gasteiger partial charge >= 0.3 is 5.97 Å². The summed E-state index contributed by atoms with van der Waals surface area (Å²) in [4.78, 5) is 10.9. The molecular formula is C9H18ClNO2. The van der Waals surface area contributed by atoms with Crippen LogP contribution in [0.15, 0.2) is 0 Å². The third-order valence-electron chi connectivity index (χ3n) is 1.87. The van der Waals surface area contributed by atoms with E-state index >= 15 is 0 Å². The maximum Gasteiger partial charge on any atom is 0.305 e. The van der Waals surface area contributed by atoms with Crippen LogP contribution < -0.4 is 5.32 Å². The van der Waals surface area contributed by atoms with Gasteiger partial charge in [-0.1, -0.05) is 0 Å². The first kappa shape index (κ1) is 12.7. The summed E-state index contributed by atoms with van der Waals surface area (Å²) in [6.45, 7) is 3.28. The predicted molar refractivity (Wildman–Crippen MR) is 54.1 cm³/mol. The number of ether oxygens (including phenoxy) is 1. The standard InChI is InChI=1S/C9H17NO2.ClH/c1-2-12-9(11)4-3-7-10-8-5-6-8;/h8,10H,2-7H2,1H3;1H. The van der Waals surface area contributed by atoms with Gasteiger partial charge in [0.25, 0.3) is 0 Å². The van der Waals surface area contributed by atoms with E-state index in [9.17, 15) is 4.79 Å². The molecule has 1 fully saturated rings. The van der Waals surface area contributed by atoms with E-state index in [0.29, 0.717) is 13.0 Å². The fourth-order valence-electron chi connectivity index (χ4n) is 1.06. The molecule has 0 aromatic rings. The average molecular weight is 208 g/mol. The molecule has 4 heteroatoms. The lowest BCUT2D eigenvalue weighted by atomic mass is 10.3. The SMILES string of the molecule is CCOC(=O)CCCNC1CC1.Cl. The first-order chi connectivity index (χ1) is 5.83. The second-order valence-electron chi connectivity index (χ2n) is 3.14. The highest BCUT2D eigenvalue weighted by Gasteiger charge is 2.19. The molecule has 78 valence electrons. The van der Waals surface area contributed by atoms with E-state index < -0.39 is 0 Å². The van der Waals surface area contributed by atoms with Gasteiger partial charge in [-0.15, -0.1) is 12.4 Å². The van der Waals surface area contributed by atoms with Gasteiger partial charge in [0.1, 0.15) is 0 Å². The predicted octanol–water partition coefficient (Wildman–Crippen LogP) is 1.50. The van der Waals surface area contributed by atoms with Crippen molar-refractivity contribution in [2.24, 2.45) is 0 Å². The minimum atomic E-state index is -0.0740. The molecule has 13 heavy (non-hydrogen) atoms.